The summed E-state index contributed by atoms with van der Waals surface area (Å²) in [5, 5.41) is 9.27. The number of amides is 1. The number of aromatic amines is 1. The molecule has 112 valence electrons. The molecule has 0 unspecified atom stereocenters. The summed E-state index contributed by atoms with van der Waals surface area (Å²) in [6.07, 6.45) is 3.36. The number of thiazole rings is 1. The molecule has 3 aromatic rings. The van der Waals surface area contributed by atoms with E-state index in [1.54, 1.807) is 23.9 Å². The van der Waals surface area contributed by atoms with E-state index in [0.29, 0.717) is 10.4 Å². The quantitative estimate of drug-likeness (QED) is 0.744. The molecule has 0 radical (unpaired) electrons. The molecule has 3 rings (SSSR count). The number of thioether (sulfide) groups is 1. The van der Waals surface area contributed by atoms with Gasteiger partial charge in [0, 0.05) is 29.9 Å². The summed E-state index contributed by atoms with van der Waals surface area (Å²) in [4.78, 5) is 21.0. The molecule has 0 fully saturated rings. The van der Waals surface area contributed by atoms with Gasteiger partial charge in [-0.3, -0.25) is 9.89 Å². The molecule has 22 heavy (non-hydrogen) atoms. The Labute approximate surface area is 135 Å². The summed E-state index contributed by atoms with van der Waals surface area (Å²) in [5.41, 5.74) is 1.70. The summed E-state index contributed by atoms with van der Waals surface area (Å²) in [6.45, 7) is 0. The number of aromatic nitrogens is 4. The summed E-state index contributed by atoms with van der Waals surface area (Å²) >= 11 is 3.00. The number of carbonyl (C=O) groups is 1. The SMILES string of the molecule is Cn1ccsc1=NC(=O)c1ccc(CSc2ncn[nH]2)cc1. The molecule has 0 bridgehead atoms. The number of benzene rings is 1. The van der Waals surface area contributed by atoms with Gasteiger partial charge < -0.3 is 4.57 Å². The van der Waals surface area contributed by atoms with E-state index in [2.05, 4.69) is 20.2 Å². The predicted molar refractivity (Wildman–Crippen MR) is 85.6 cm³/mol. The van der Waals surface area contributed by atoms with Crippen molar-refractivity contribution >= 4 is 29.0 Å². The Morgan fingerprint density at radius 1 is 1.41 bits per heavy atom. The van der Waals surface area contributed by atoms with Crippen molar-refractivity contribution in [2.45, 2.75) is 10.9 Å². The monoisotopic (exact) mass is 331 g/mol. The molecule has 2 aromatic heterocycles. The fraction of sp³-hybridized carbons (Fsp3) is 0.143. The van der Waals surface area contributed by atoms with Gasteiger partial charge in [-0.05, 0) is 17.7 Å². The maximum absolute atomic E-state index is 12.1. The van der Waals surface area contributed by atoms with Crippen molar-refractivity contribution < 1.29 is 4.79 Å². The molecule has 0 atom stereocenters. The van der Waals surface area contributed by atoms with E-state index in [-0.39, 0.29) is 5.91 Å². The third kappa shape index (κ3) is 3.52. The molecule has 0 aliphatic rings. The lowest BCUT2D eigenvalue weighted by atomic mass is 10.1. The van der Waals surface area contributed by atoms with E-state index in [1.165, 1.54) is 17.7 Å². The molecule has 0 saturated carbocycles. The predicted octanol–water partition coefficient (Wildman–Crippen LogP) is 2.24. The Morgan fingerprint density at radius 2 is 2.23 bits per heavy atom. The Balaban J connectivity index is 1.69. The number of hydrogen-bond acceptors (Lipinski definition) is 5. The minimum atomic E-state index is -0.229. The van der Waals surface area contributed by atoms with Crippen molar-refractivity contribution in [3.63, 3.8) is 0 Å². The zero-order chi connectivity index (χ0) is 15.4. The normalized spacial score (nSPS) is 11.8. The lowest BCUT2D eigenvalue weighted by Crippen LogP contribution is -2.12. The molecule has 2 heterocycles. The van der Waals surface area contributed by atoms with Crippen LogP contribution in [-0.2, 0) is 12.8 Å². The lowest BCUT2D eigenvalue weighted by Gasteiger charge is -2.00. The van der Waals surface area contributed by atoms with Crippen LogP contribution in [0.1, 0.15) is 15.9 Å². The van der Waals surface area contributed by atoms with Crippen LogP contribution >= 0.6 is 23.1 Å². The minimum absolute atomic E-state index is 0.229. The minimum Gasteiger partial charge on any atom is -0.327 e. The number of H-pyrrole nitrogens is 1. The van der Waals surface area contributed by atoms with Crippen LogP contribution in [-0.4, -0.2) is 25.7 Å². The first-order valence-corrected chi connectivity index (χ1v) is 8.35. The van der Waals surface area contributed by atoms with Crippen LogP contribution in [0.3, 0.4) is 0 Å². The maximum atomic E-state index is 12.1. The van der Waals surface area contributed by atoms with E-state index in [9.17, 15) is 4.79 Å². The number of rotatable bonds is 4. The first-order chi connectivity index (χ1) is 10.7. The van der Waals surface area contributed by atoms with Crippen molar-refractivity contribution in [1.82, 2.24) is 19.7 Å². The lowest BCUT2D eigenvalue weighted by molar-refractivity contribution is 0.0998. The molecule has 0 aliphatic carbocycles. The van der Waals surface area contributed by atoms with Crippen LogP contribution < -0.4 is 4.80 Å². The molecule has 1 aromatic carbocycles. The number of aryl methyl sites for hydroxylation is 1. The standard InChI is InChI=1S/C14H13N5OS2/c1-19-6-7-21-14(19)17-12(20)11-4-2-10(3-5-11)8-22-13-15-9-16-18-13/h2-7,9H,8H2,1H3,(H,15,16,18). The van der Waals surface area contributed by atoms with Gasteiger partial charge in [0.1, 0.15) is 6.33 Å². The Morgan fingerprint density at radius 3 is 2.86 bits per heavy atom. The summed E-state index contributed by atoms with van der Waals surface area (Å²) < 4.78 is 1.82. The van der Waals surface area contributed by atoms with Crippen molar-refractivity contribution in [1.29, 1.82) is 0 Å². The number of hydrogen-bond donors (Lipinski definition) is 1. The maximum Gasteiger partial charge on any atom is 0.279 e. The van der Waals surface area contributed by atoms with Crippen LogP contribution in [0.25, 0.3) is 0 Å². The second kappa shape index (κ2) is 6.71. The van der Waals surface area contributed by atoms with E-state index in [4.69, 9.17) is 0 Å². The number of carbonyl (C=O) groups excluding carboxylic acids is 1. The topological polar surface area (TPSA) is 75.9 Å². The fourth-order valence-corrected chi connectivity index (χ4v) is 3.21. The molecule has 6 nitrogen and oxygen atoms in total. The molecule has 1 N–H and O–H groups in total. The highest BCUT2D eigenvalue weighted by molar-refractivity contribution is 7.98. The fourth-order valence-electron chi connectivity index (χ4n) is 1.75. The van der Waals surface area contributed by atoms with Gasteiger partial charge in [-0.25, -0.2) is 4.98 Å². The average molecular weight is 331 g/mol. The van der Waals surface area contributed by atoms with E-state index >= 15 is 0 Å². The van der Waals surface area contributed by atoms with E-state index < -0.39 is 0 Å². The highest BCUT2D eigenvalue weighted by Crippen LogP contribution is 2.18. The molecule has 1 amide bonds. The average Bonchev–Trinajstić information content (AvgIpc) is 3.18. The highest BCUT2D eigenvalue weighted by atomic mass is 32.2. The summed E-state index contributed by atoms with van der Waals surface area (Å²) in [6, 6.07) is 7.46. The molecular weight excluding hydrogens is 318 g/mol. The van der Waals surface area contributed by atoms with Gasteiger partial charge in [0.2, 0.25) is 0 Å². The molecule has 8 heteroatoms. The Kier molecular flexibility index (Phi) is 4.50. The third-order valence-electron chi connectivity index (χ3n) is 2.93. The zero-order valence-corrected chi connectivity index (χ0v) is 13.4. The Bertz CT molecular complexity index is 818. The van der Waals surface area contributed by atoms with Crippen molar-refractivity contribution in [2.24, 2.45) is 12.0 Å². The van der Waals surface area contributed by atoms with E-state index in [1.807, 2.05) is 35.3 Å². The van der Waals surface area contributed by atoms with E-state index in [0.717, 1.165) is 16.5 Å². The first kappa shape index (κ1) is 14.7. The summed E-state index contributed by atoms with van der Waals surface area (Å²) in [7, 11) is 1.87. The molecule has 0 saturated heterocycles. The van der Waals surface area contributed by atoms with Gasteiger partial charge in [0.15, 0.2) is 9.96 Å². The van der Waals surface area contributed by atoms with Gasteiger partial charge >= 0.3 is 0 Å². The Hall–Kier alpha value is -2.19. The molecular formula is C14H13N5OS2. The van der Waals surface area contributed by atoms with Crippen molar-refractivity contribution in [3.05, 3.63) is 58.1 Å². The largest absolute Gasteiger partial charge is 0.327 e. The van der Waals surface area contributed by atoms with Crippen LogP contribution in [0.15, 0.2) is 52.3 Å². The number of nitrogens with one attached hydrogen (secondary N) is 1. The van der Waals surface area contributed by atoms with Gasteiger partial charge in [-0.1, -0.05) is 23.9 Å². The van der Waals surface area contributed by atoms with Gasteiger partial charge in [-0.15, -0.1) is 11.3 Å². The first-order valence-electron chi connectivity index (χ1n) is 6.48. The number of nitrogens with zero attached hydrogens (tertiary/aromatic N) is 4. The smallest absolute Gasteiger partial charge is 0.279 e. The summed E-state index contributed by atoms with van der Waals surface area (Å²) in [5.74, 6) is 0.535. The molecule has 0 spiro atoms. The highest BCUT2D eigenvalue weighted by Gasteiger charge is 2.05. The van der Waals surface area contributed by atoms with Crippen LogP contribution in [0.2, 0.25) is 0 Å². The molecule has 0 aliphatic heterocycles. The van der Waals surface area contributed by atoms with Gasteiger partial charge in [0.25, 0.3) is 5.91 Å². The van der Waals surface area contributed by atoms with Gasteiger partial charge in [-0.2, -0.15) is 10.1 Å². The van der Waals surface area contributed by atoms with Crippen molar-refractivity contribution in [2.75, 3.05) is 0 Å². The second-order valence-electron chi connectivity index (χ2n) is 4.49. The van der Waals surface area contributed by atoms with Crippen molar-refractivity contribution in [3.8, 4) is 0 Å². The van der Waals surface area contributed by atoms with Crippen LogP contribution in [0, 0.1) is 0 Å². The zero-order valence-electron chi connectivity index (χ0n) is 11.8. The van der Waals surface area contributed by atoms with Gasteiger partial charge in [0.05, 0.1) is 0 Å². The van der Waals surface area contributed by atoms with Crippen LogP contribution in [0.5, 0.6) is 0 Å². The van der Waals surface area contributed by atoms with Crippen LogP contribution in [0.4, 0.5) is 0 Å². The third-order valence-corrected chi connectivity index (χ3v) is 4.72. The second-order valence-corrected chi connectivity index (χ2v) is 6.33.